The van der Waals surface area contributed by atoms with E-state index in [0.29, 0.717) is 11.8 Å². The molecule has 0 bridgehead atoms. The molecule has 0 saturated heterocycles. The van der Waals surface area contributed by atoms with Crippen LogP contribution in [0.4, 0.5) is 0 Å². The van der Waals surface area contributed by atoms with E-state index in [2.05, 4.69) is 85.8 Å². The minimum absolute atomic E-state index is 0.421. The van der Waals surface area contributed by atoms with Gasteiger partial charge in [-0.25, -0.2) is 0 Å². The molecule has 0 saturated carbocycles. The molecule has 0 fully saturated rings. The predicted octanol–water partition coefficient (Wildman–Crippen LogP) is 6.12. The molecule has 0 aliphatic heterocycles. The summed E-state index contributed by atoms with van der Waals surface area (Å²) < 4.78 is 0. The number of allylic oxidation sites excluding steroid dienone is 4. The molecule has 0 aromatic heterocycles. The normalized spacial score (nSPS) is 17.0. The molecular formula is C22H24. The van der Waals surface area contributed by atoms with Crippen LogP contribution in [0.25, 0.3) is 0 Å². The second-order valence-electron chi connectivity index (χ2n) is 6.05. The Morgan fingerprint density at radius 1 is 0.864 bits per heavy atom. The molecule has 112 valence electrons. The molecular weight excluding hydrogens is 264 g/mol. The number of unbranched alkanes of at least 4 members (excludes halogenated alkanes) is 1. The van der Waals surface area contributed by atoms with Gasteiger partial charge in [0.05, 0.1) is 0 Å². The van der Waals surface area contributed by atoms with Crippen molar-refractivity contribution in [3.05, 3.63) is 95.6 Å². The van der Waals surface area contributed by atoms with Crippen LogP contribution in [-0.4, -0.2) is 0 Å². The fourth-order valence-electron chi connectivity index (χ4n) is 3.42. The van der Waals surface area contributed by atoms with Crippen molar-refractivity contribution < 1.29 is 0 Å². The van der Waals surface area contributed by atoms with Crippen molar-refractivity contribution in [2.45, 2.75) is 32.1 Å². The van der Waals surface area contributed by atoms with E-state index in [1.54, 1.807) is 5.57 Å². The van der Waals surface area contributed by atoms with Gasteiger partial charge >= 0.3 is 0 Å². The highest BCUT2D eigenvalue weighted by molar-refractivity contribution is 5.41. The molecule has 1 aliphatic rings. The van der Waals surface area contributed by atoms with Crippen LogP contribution in [0.15, 0.2) is 84.5 Å². The molecule has 0 N–H and O–H groups in total. The minimum Gasteiger partial charge on any atom is -0.0764 e. The first kappa shape index (κ1) is 14.8. The van der Waals surface area contributed by atoms with E-state index in [4.69, 9.17) is 0 Å². The lowest BCUT2D eigenvalue weighted by atomic mass is 9.77. The van der Waals surface area contributed by atoms with E-state index < -0.39 is 0 Å². The summed E-state index contributed by atoms with van der Waals surface area (Å²) >= 11 is 0. The third kappa shape index (κ3) is 3.22. The summed E-state index contributed by atoms with van der Waals surface area (Å²) in [7, 11) is 0. The van der Waals surface area contributed by atoms with E-state index in [-0.39, 0.29) is 0 Å². The summed E-state index contributed by atoms with van der Waals surface area (Å²) in [6.45, 7) is 2.27. The first-order chi connectivity index (χ1) is 10.9. The van der Waals surface area contributed by atoms with Gasteiger partial charge in [0.25, 0.3) is 0 Å². The number of hydrogen-bond acceptors (Lipinski definition) is 0. The quantitative estimate of drug-likeness (QED) is 0.600. The van der Waals surface area contributed by atoms with Gasteiger partial charge in [-0.05, 0) is 24.0 Å². The fourth-order valence-corrected chi connectivity index (χ4v) is 3.42. The molecule has 3 rings (SSSR count). The first-order valence-electron chi connectivity index (χ1n) is 8.37. The maximum absolute atomic E-state index is 2.38. The number of hydrogen-bond donors (Lipinski definition) is 0. The van der Waals surface area contributed by atoms with Crippen molar-refractivity contribution in [3.8, 4) is 0 Å². The highest BCUT2D eigenvalue weighted by Crippen LogP contribution is 2.40. The van der Waals surface area contributed by atoms with E-state index in [9.17, 15) is 0 Å². The highest BCUT2D eigenvalue weighted by atomic mass is 14.3. The molecule has 0 spiro atoms. The smallest absolute Gasteiger partial charge is 0.0190 e. The molecule has 2 aromatic carbocycles. The van der Waals surface area contributed by atoms with Gasteiger partial charge in [-0.3, -0.25) is 0 Å². The average molecular weight is 288 g/mol. The summed E-state index contributed by atoms with van der Waals surface area (Å²) in [4.78, 5) is 0. The van der Waals surface area contributed by atoms with Crippen molar-refractivity contribution in [2.24, 2.45) is 5.92 Å². The zero-order valence-electron chi connectivity index (χ0n) is 13.3. The Balaban J connectivity index is 1.96. The van der Waals surface area contributed by atoms with Gasteiger partial charge in [0.15, 0.2) is 0 Å². The molecule has 2 aromatic rings. The largest absolute Gasteiger partial charge is 0.0764 e. The van der Waals surface area contributed by atoms with Gasteiger partial charge < -0.3 is 0 Å². The van der Waals surface area contributed by atoms with Crippen LogP contribution in [-0.2, 0) is 0 Å². The second kappa shape index (κ2) is 7.26. The standard InChI is InChI=1S/C22H24/c1-2-3-11-18-16-10-17-21(18)22(19-12-6-4-7-13-19)20-14-8-5-9-15-20/h4-10,12-17,21-22H,2-3,11H2,1H3. The SMILES string of the molecule is CCCCC1=CC=CC1C(c1ccccc1)c1ccccc1. The molecule has 0 nitrogen and oxygen atoms in total. The molecule has 1 unspecified atom stereocenters. The molecule has 0 heteroatoms. The van der Waals surface area contributed by atoms with E-state index in [1.807, 2.05) is 0 Å². The summed E-state index contributed by atoms with van der Waals surface area (Å²) in [6.07, 6.45) is 10.7. The molecule has 1 atom stereocenters. The molecule has 1 aliphatic carbocycles. The fraction of sp³-hybridized carbons (Fsp3) is 0.273. The second-order valence-corrected chi connectivity index (χ2v) is 6.05. The third-order valence-corrected chi connectivity index (χ3v) is 4.55. The van der Waals surface area contributed by atoms with Crippen LogP contribution >= 0.6 is 0 Å². The minimum atomic E-state index is 0.421. The van der Waals surface area contributed by atoms with Gasteiger partial charge in [-0.15, -0.1) is 0 Å². The maximum Gasteiger partial charge on any atom is 0.0190 e. The van der Waals surface area contributed by atoms with Crippen molar-refractivity contribution in [1.29, 1.82) is 0 Å². The Kier molecular flexibility index (Phi) is 4.90. The Labute approximate surface area is 134 Å². The van der Waals surface area contributed by atoms with E-state index in [1.165, 1.54) is 30.4 Å². The van der Waals surface area contributed by atoms with Gasteiger partial charge in [-0.2, -0.15) is 0 Å². The molecule has 0 amide bonds. The van der Waals surface area contributed by atoms with Crippen LogP contribution < -0.4 is 0 Å². The van der Waals surface area contributed by atoms with Crippen molar-refractivity contribution in [2.75, 3.05) is 0 Å². The monoisotopic (exact) mass is 288 g/mol. The summed E-state index contributed by atoms with van der Waals surface area (Å²) in [6, 6.07) is 21.9. The summed E-state index contributed by atoms with van der Waals surface area (Å²) in [5.41, 5.74) is 4.40. The molecule has 0 heterocycles. The van der Waals surface area contributed by atoms with Crippen LogP contribution in [0.3, 0.4) is 0 Å². The van der Waals surface area contributed by atoms with Crippen LogP contribution in [0.2, 0.25) is 0 Å². The lowest BCUT2D eigenvalue weighted by Crippen LogP contribution is -2.13. The number of rotatable bonds is 6. The Hall–Kier alpha value is -2.08. The average Bonchev–Trinajstić information content (AvgIpc) is 3.03. The molecule has 0 radical (unpaired) electrons. The summed E-state index contributed by atoms with van der Waals surface area (Å²) in [5.74, 6) is 0.917. The van der Waals surface area contributed by atoms with Gasteiger partial charge in [0.1, 0.15) is 0 Å². The van der Waals surface area contributed by atoms with Crippen molar-refractivity contribution in [1.82, 2.24) is 0 Å². The Morgan fingerprint density at radius 3 is 2.00 bits per heavy atom. The topological polar surface area (TPSA) is 0 Å². The van der Waals surface area contributed by atoms with Crippen LogP contribution in [0.1, 0.15) is 43.2 Å². The lowest BCUT2D eigenvalue weighted by Gasteiger charge is -2.26. The van der Waals surface area contributed by atoms with Gasteiger partial charge in [-0.1, -0.05) is 97.8 Å². The zero-order valence-corrected chi connectivity index (χ0v) is 13.3. The Bertz CT molecular complexity index is 595. The third-order valence-electron chi connectivity index (χ3n) is 4.55. The van der Waals surface area contributed by atoms with Crippen molar-refractivity contribution >= 4 is 0 Å². The van der Waals surface area contributed by atoms with Gasteiger partial charge in [0.2, 0.25) is 0 Å². The van der Waals surface area contributed by atoms with Crippen LogP contribution in [0.5, 0.6) is 0 Å². The van der Waals surface area contributed by atoms with Gasteiger partial charge in [0, 0.05) is 11.8 Å². The lowest BCUT2D eigenvalue weighted by molar-refractivity contribution is 0.616. The zero-order chi connectivity index (χ0) is 15.2. The maximum atomic E-state index is 2.38. The van der Waals surface area contributed by atoms with Crippen molar-refractivity contribution in [3.63, 3.8) is 0 Å². The van der Waals surface area contributed by atoms with Crippen LogP contribution in [0, 0.1) is 5.92 Å². The first-order valence-corrected chi connectivity index (χ1v) is 8.37. The predicted molar refractivity (Wildman–Crippen MR) is 95.0 cm³/mol. The number of benzene rings is 2. The Morgan fingerprint density at radius 2 is 1.45 bits per heavy atom. The van der Waals surface area contributed by atoms with E-state index >= 15 is 0 Å². The highest BCUT2D eigenvalue weighted by Gasteiger charge is 2.27. The summed E-state index contributed by atoms with van der Waals surface area (Å²) in [5, 5.41) is 0. The van der Waals surface area contributed by atoms with E-state index in [0.717, 1.165) is 0 Å². The molecule has 22 heavy (non-hydrogen) atoms.